The number of H-pyrrole nitrogens is 1. The SMILES string of the molecule is CCOC(=O)Cc1nc(-c2ccc(N)c(OC)c2)n[nH]1. The van der Waals surface area contributed by atoms with Crippen LogP contribution in [0, 0.1) is 0 Å². The zero-order valence-corrected chi connectivity index (χ0v) is 11.3. The normalized spacial score (nSPS) is 10.3. The molecule has 20 heavy (non-hydrogen) atoms. The molecule has 7 heteroatoms. The van der Waals surface area contributed by atoms with Gasteiger partial charge in [-0.15, -0.1) is 0 Å². The molecule has 0 aliphatic rings. The lowest BCUT2D eigenvalue weighted by molar-refractivity contribution is -0.142. The third-order valence-corrected chi connectivity index (χ3v) is 2.64. The summed E-state index contributed by atoms with van der Waals surface area (Å²) in [7, 11) is 1.54. The van der Waals surface area contributed by atoms with Gasteiger partial charge in [0.25, 0.3) is 0 Å². The maximum absolute atomic E-state index is 11.4. The van der Waals surface area contributed by atoms with Crippen LogP contribution in [0.3, 0.4) is 0 Å². The van der Waals surface area contributed by atoms with Crippen molar-refractivity contribution in [3.05, 3.63) is 24.0 Å². The summed E-state index contributed by atoms with van der Waals surface area (Å²) in [5.74, 6) is 1.14. The Morgan fingerprint density at radius 3 is 2.95 bits per heavy atom. The van der Waals surface area contributed by atoms with Crippen LogP contribution in [-0.2, 0) is 16.0 Å². The summed E-state index contributed by atoms with van der Waals surface area (Å²) in [6.07, 6.45) is 0.0624. The van der Waals surface area contributed by atoms with Crippen molar-refractivity contribution in [2.75, 3.05) is 19.5 Å². The molecule has 1 aromatic heterocycles. The van der Waals surface area contributed by atoms with Gasteiger partial charge >= 0.3 is 5.97 Å². The van der Waals surface area contributed by atoms with Crippen LogP contribution in [0.1, 0.15) is 12.7 Å². The number of hydrogen-bond acceptors (Lipinski definition) is 6. The highest BCUT2D eigenvalue weighted by Crippen LogP contribution is 2.26. The third-order valence-electron chi connectivity index (χ3n) is 2.64. The number of ether oxygens (including phenoxy) is 2. The van der Waals surface area contributed by atoms with Gasteiger partial charge in [-0.1, -0.05) is 0 Å². The molecule has 0 fully saturated rings. The summed E-state index contributed by atoms with van der Waals surface area (Å²) in [6.45, 7) is 2.10. The lowest BCUT2D eigenvalue weighted by atomic mass is 10.2. The van der Waals surface area contributed by atoms with Crippen molar-refractivity contribution in [3.63, 3.8) is 0 Å². The first-order chi connectivity index (χ1) is 9.63. The van der Waals surface area contributed by atoms with Crippen molar-refractivity contribution < 1.29 is 14.3 Å². The van der Waals surface area contributed by atoms with E-state index < -0.39 is 0 Å². The fourth-order valence-corrected chi connectivity index (χ4v) is 1.70. The Balaban J connectivity index is 2.18. The molecule has 106 valence electrons. The summed E-state index contributed by atoms with van der Waals surface area (Å²) in [5.41, 5.74) is 7.04. The lowest BCUT2D eigenvalue weighted by Crippen LogP contribution is -2.08. The van der Waals surface area contributed by atoms with Gasteiger partial charge in [0.15, 0.2) is 5.82 Å². The molecule has 0 bridgehead atoms. The first-order valence-corrected chi connectivity index (χ1v) is 6.14. The zero-order valence-electron chi connectivity index (χ0n) is 11.3. The molecule has 2 aromatic rings. The highest BCUT2D eigenvalue weighted by molar-refractivity contribution is 5.72. The van der Waals surface area contributed by atoms with Gasteiger partial charge in [0.05, 0.1) is 19.4 Å². The van der Waals surface area contributed by atoms with Crippen molar-refractivity contribution in [1.29, 1.82) is 0 Å². The molecule has 1 aromatic carbocycles. The number of anilines is 1. The number of benzene rings is 1. The minimum absolute atomic E-state index is 0.0624. The molecule has 7 nitrogen and oxygen atoms in total. The molecular formula is C13H16N4O3. The van der Waals surface area contributed by atoms with Crippen LogP contribution in [0.15, 0.2) is 18.2 Å². The molecule has 3 N–H and O–H groups in total. The summed E-state index contributed by atoms with van der Waals surface area (Å²) in [6, 6.07) is 5.25. The number of carbonyl (C=O) groups excluding carboxylic acids is 1. The van der Waals surface area contributed by atoms with Crippen LogP contribution in [0.25, 0.3) is 11.4 Å². The van der Waals surface area contributed by atoms with Gasteiger partial charge in [0.2, 0.25) is 0 Å². The Hall–Kier alpha value is -2.57. The summed E-state index contributed by atoms with van der Waals surface area (Å²) in [4.78, 5) is 15.6. The quantitative estimate of drug-likeness (QED) is 0.627. The Bertz CT molecular complexity index is 609. The minimum atomic E-state index is -0.343. The number of aromatic nitrogens is 3. The number of esters is 1. The van der Waals surface area contributed by atoms with Crippen LogP contribution in [0.5, 0.6) is 5.75 Å². The van der Waals surface area contributed by atoms with Crippen molar-refractivity contribution >= 4 is 11.7 Å². The second-order valence-electron chi connectivity index (χ2n) is 4.04. The first-order valence-electron chi connectivity index (χ1n) is 6.14. The standard InChI is InChI=1S/C13H16N4O3/c1-3-20-12(18)7-11-15-13(17-16-11)8-4-5-9(14)10(6-8)19-2/h4-6H,3,7,14H2,1-2H3,(H,15,16,17). The van der Waals surface area contributed by atoms with Crippen molar-refractivity contribution in [2.24, 2.45) is 0 Å². The average Bonchev–Trinajstić information content (AvgIpc) is 2.88. The molecule has 0 saturated heterocycles. The van der Waals surface area contributed by atoms with E-state index >= 15 is 0 Å². The van der Waals surface area contributed by atoms with Crippen molar-refractivity contribution in [2.45, 2.75) is 13.3 Å². The highest BCUT2D eigenvalue weighted by atomic mass is 16.5. The number of methoxy groups -OCH3 is 1. The van der Waals surface area contributed by atoms with E-state index in [0.29, 0.717) is 29.7 Å². The monoisotopic (exact) mass is 276 g/mol. The molecule has 0 saturated carbocycles. The maximum Gasteiger partial charge on any atom is 0.313 e. The van der Waals surface area contributed by atoms with Gasteiger partial charge in [0, 0.05) is 5.56 Å². The summed E-state index contributed by atoms with van der Waals surface area (Å²) < 4.78 is 10.00. The largest absolute Gasteiger partial charge is 0.495 e. The number of rotatable bonds is 5. The van der Waals surface area contributed by atoms with Crippen LogP contribution < -0.4 is 10.5 Å². The number of nitrogens with one attached hydrogen (secondary N) is 1. The number of nitrogens with two attached hydrogens (primary N) is 1. The van der Waals surface area contributed by atoms with Gasteiger partial charge in [-0.3, -0.25) is 9.89 Å². The molecule has 0 unspecified atom stereocenters. The summed E-state index contributed by atoms with van der Waals surface area (Å²) >= 11 is 0. The number of nitrogens with zero attached hydrogens (tertiary/aromatic N) is 2. The van der Waals surface area contributed by atoms with Crippen molar-refractivity contribution in [1.82, 2.24) is 15.2 Å². The fourth-order valence-electron chi connectivity index (χ4n) is 1.70. The van der Waals surface area contributed by atoms with E-state index in [1.165, 1.54) is 0 Å². The van der Waals surface area contributed by atoms with E-state index in [2.05, 4.69) is 15.2 Å². The zero-order chi connectivity index (χ0) is 14.5. The number of carbonyl (C=O) groups is 1. The fraction of sp³-hybridized carbons (Fsp3) is 0.308. The van der Waals surface area contributed by atoms with Gasteiger partial charge < -0.3 is 15.2 Å². The van der Waals surface area contributed by atoms with Gasteiger partial charge in [-0.05, 0) is 25.1 Å². The predicted molar refractivity (Wildman–Crippen MR) is 73.1 cm³/mol. The van der Waals surface area contributed by atoms with Gasteiger partial charge in [0.1, 0.15) is 18.0 Å². The predicted octanol–water partition coefficient (Wildman–Crippen LogP) is 1.17. The molecule has 2 rings (SSSR count). The van der Waals surface area contributed by atoms with E-state index in [4.69, 9.17) is 15.2 Å². The number of hydrogen-bond donors (Lipinski definition) is 2. The topological polar surface area (TPSA) is 103 Å². The van der Waals surface area contributed by atoms with E-state index in [9.17, 15) is 4.79 Å². The average molecular weight is 276 g/mol. The van der Waals surface area contributed by atoms with Crippen LogP contribution in [-0.4, -0.2) is 34.9 Å². The Kier molecular flexibility index (Phi) is 4.19. The molecule has 0 aliphatic carbocycles. The van der Waals surface area contributed by atoms with E-state index in [1.54, 1.807) is 32.2 Å². The first kappa shape index (κ1) is 13.9. The van der Waals surface area contributed by atoms with E-state index in [0.717, 1.165) is 5.56 Å². The smallest absolute Gasteiger partial charge is 0.313 e. The Morgan fingerprint density at radius 1 is 1.45 bits per heavy atom. The van der Waals surface area contributed by atoms with Gasteiger partial charge in [-0.25, -0.2) is 4.98 Å². The van der Waals surface area contributed by atoms with Crippen molar-refractivity contribution in [3.8, 4) is 17.1 Å². The number of aromatic amines is 1. The Morgan fingerprint density at radius 2 is 2.25 bits per heavy atom. The molecule has 0 atom stereocenters. The molecule has 0 amide bonds. The third kappa shape index (κ3) is 3.05. The van der Waals surface area contributed by atoms with E-state index in [1.807, 2.05) is 0 Å². The maximum atomic E-state index is 11.4. The molecule has 0 radical (unpaired) electrons. The molecule has 1 heterocycles. The molecule has 0 aliphatic heterocycles. The molecule has 0 spiro atoms. The molecular weight excluding hydrogens is 260 g/mol. The highest BCUT2D eigenvalue weighted by Gasteiger charge is 2.11. The van der Waals surface area contributed by atoms with Crippen LogP contribution in [0.4, 0.5) is 5.69 Å². The van der Waals surface area contributed by atoms with Crippen LogP contribution in [0.2, 0.25) is 0 Å². The van der Waals surface area contributed by atoms with E-state index in [-0.39, 0.29) is 12.4 Å². The van der Waals surface area contributed by atoms with Gasteiger partial charge in [-0.2, -0.15) is 5.10 Å². The number of nitrogen functional groups attached to an aromatic ring is 1. The van der Waals surface area contributed by atoms with Crippen LogP contribution >= 0.6 is 0 Å². The summed E-state index contributed by atoms with van der Waals surface area (Å²) in [5, 5.41) is 6.78. The lowest BCUT2D eigenvalue weighted by Gasteiger charge is -2.04. The minimum Gasteiger partial charge on any atom is -0.495 e. The second-order valence-corrected chi connectivity index (χ2v) is 4.04. The Labute approximate surface area is 116 Å². The second kappa shape index (κ2) is 6.05.